The van der Waals surface area contributed by atoms with Gasteiger partial charge in [0.1, 0.15) is 18.5 Å². The largest absolute Gasteiger partial charge is 0.491 e. The second-order valence-corrected chi connectivity index (χ2v) is 8.34. The number of rotatable bonds is 7. The summed E-state index contributed by atoms with van der Waals surface area (Å²) in [5.41, 5.74) is 2.41. The number of hydrogen-bond donors (Lipinski definition) is 2. The highest BCUT2D eigenvalue weighted by atomic mass is 35.5. The molecule has 3 nitrogen and oxygen atoms in total. The number of aryl methyl sites for hydroxylation is 1. The van der Waals surface area contributed by atoms with E-state index in [1.54, 1.807) is 11.3 Å². The Hall–Kier alpha value is -1.07. The van der Waals surface area contributed by atoms with Crippen molar-refractivity contribution >= 4 is 23.7 Å². The molecule has 0 aliphatic rings. The molecule has 0 aliphatic heterocycles. The lowest BCUT2D eigenvalue weighted by Gasteiger charge is -2.24. The third-order valence-electron chi connectivity index (χ3n) is 4.00. The van der Waals surface area contributed by atoms with Crippen LogP contribution in [0.2, 0.25) is 0 Å². The summed E-state index contributed by atoms with van der Waals surface area (Å²) in [4.78, 5) is 1.27. The predicted molar refractivity (Wildman–Crippen MR) is 109 cm³/mol. The van der Waals surface area contributed by atoms with Gasteiger partial charge in [-0.05, 0) is 42.3 Å². The van der Waals surface area contributed by atoms with Gasteiger partial charge < -0.3 is 15.2 Å². The molecule has 0 amide bonds. The first-order valence-corrected chi connectivity index (χ1v) is 9.34. The van der Waals surface area contributed by atoms with Gasteiger partial charge in [-0.2, -0.15) is 0 Å². The van der Waals surface area contributed by atoms with Crippen LogP contribution in [0.25, 0.3) is 0 Å². The van der Waals surface area contributed by atoms with Crippen molar-refractivity contribution in [2.24, 2.45) is 0 Å². The highest BCUT2D eigenvalue weighted by Crippen LogP contribution is 2.32. The number of halogens is 1. The Balaban J connectivity index is 0.00000312. The van der Waals surface area contributed by atoms with Crippen LogP contribution in [0.4, 0.5) is 0 Å². The SMILES string of the molecule is Cc1ccc(OCC(O)CNC(C)c2cccs2)c(C(C)(C)C)c1.Cl. The minimum atomic E-state index is -0.540. The van der Waals surface area contributed by atoms with Gasteiger partial charge in [-0.15, -0.1) is 23.7 Å². The monoisotopic (exact) mass is 383 g/mol. The Morgan fingerprint density at radius 1 is 1.24 bits per heavy atom. The molecule has 2 N–H and O–H groups in total. The van der Waals surface area contributed by atoms with E-state index in [2.05, 4.69) is 57.4 Å². The summed E-state index contributed by atoms with van der Waals surface area (Å²) in [6.45, 7) is 11.5. The number of thiophene rings is 1. The number of aliphatic hydroxyl groups excluding tert-OH is 1. The van der Waals surface area contributed by atoms with Crippen LogP contribution in [-0.4, -0.2) is 24.4 Å². The molecule has 2 atom stereocenters. The summed E-state index contributed by atoms with van der Waals surface area (Å²) < 4.78 is 5.92. The highest BCUT2D eigenvalue weighted by Gasteiger charge is 2.20. The number of ether oxygens (including phenoxy) is 1. The van der Waals surface area contributed by atoms with Gasteiger partial charge in [0.15, 0.2) is 0 Å². The maximum absolute atomic E-state index is 10.2. The van der Waals surface area contributed by atoms with Gasteiger partial charge in [0.05, 0.1) is 0 Å². The number of hydrogen-bond acceptors (Lipinski definition) is 4. The lowest BCUT2D eigenvalue weighted by atomic mass is 9.85. The zero-order valence-electron chi connectivity index (χ0n) is 15.7. The van der Waals surface area contributed by atoms with E-state index in [1.165, 1.54) is 16.0 Å². The number of benzene rings is 1. The number of aliphatic hydroxyl groups is 1. The summed E-state index contributed by atoms with van der Waals surface area (Å²) >= 11 is 1.72. The van der Waals surface area contributed by atoms with Gasteiger partial charge >= 0.3 is 0 Å². The molecule has 0 saturated carbocycles. The average Bonchev–Trinajstić information content (AvgIpc) is 3.05. The molecule has 5 heteroatoms. The fraction of sp³-hybridized carbons (Fsp3) is 0.500. The highest BCUT2D eigenvalue weighted by molar-refractivity contribution is 7.10. The summed E-state index contributed by atoms with van der Waals surface area (Å²) in [5.74, 6) is 0.860. The van der Waals surface area contributed by atoms with Gasteiger partial charge in [0.25, 0.3) is 0 Å². The van der Waals surface area contributed by atoms with Crippen molar-refractivity contribution < 1.29 is 9.84 Å². The molecule has 0 bridgehead atoms. The molecule has 1 aromatic carbocycles. The third-order valence-corrected chi connectivity index (χ3v) is 5.06. The molecule has 25 heavy (non-hydrogen) atoms. The smallest absolute Gasteiger partial charge is 0.123 e. The zero-order chi connectivity index (χ0) is 17.7. The Morgan fingerprint density at radius 3 is 2.56 bits per heavy atom. The van der Waals surface area contributed by atoms with Crippen LogP contribution < -0.4 is 10.1 Å². The van der Waals surface area contributed by atoms with Crippen LogP contribution in [0.1, 0.15) is 49.7 Å². The normalized spacial score (nSPS) is 13.8. The molecule has 1 aromatic heterocycles. The first kappa shape index (κ1) is 22.0. The molecule has 0 spiro atoms. The van der Waals surface area contributed by atoms with E-state index in [4.69, 9.17) is 4.74 Å². The standard InChI is InChI=1S/C20H29NO2S.ClH/c1-14-8-9-18(17(11-14)20(3,4)5)23-13-16(22)12-21-15(2)19-7-6-10-24-19;/h6-11,15-16,21-22H,12-13H2,1-5H3;1H. The van der Waals surface area contributed by atoms with Crippen LogP contribution in [0.3, 0.4) is 0 Å². The van der Waals surface area contributed by atoms with Gasteiger partial charge in [0.2, 0.25) is 0 Å². The van der Waals surface area contributed by atoms with Crippen molar-refractivity contribution in [2.45, 2.75) is 52.2 Å². The predicted octanol–water partition coefficient (Wildman–Crippen LogP) is 4.87. The van der Waals surface area contributed by atoms with E-state index in [0.717, 1.165) is 5.75 Å². The van der Waals surface area contributed by atoms with Crippen molar-refractivity contribution in [3.63, 3.8) is 0 Å². The van der Waals surface area contributed by atoms with Crippen LogP contribution in [0.15, 0.2) is 35.7 Å². The van der Waals surface area contributed by atoms with Gasteiger partial charge in [-0.25, -0.2) is 0 Å². The number of nitrogens with one attached hydrogen (secondary N) is 1. The lowest BCUT2D eigenvalue weighted by Crippen LogP contribution is -2.33. The van der Waals surface area contributed by atoms with Crippen LogP contribution in [0.5, 0.6) is 5.75 Å². The maximum atomic E-state index is 10.2. The summed E-state index contributed by atoms with van der Waals surface area (Å²) in [5, 5.41) is 15.6. The molecule has 2 aromatic rings. The fourth-order valence-corrected chi connectivity index (χ4v) is 3.31. The third kappa shape index (κ3) is 6.63. The van der Waals surface area contributed by atoms with Crippen molar-refractivity contribution in [1.82, 2.24) is 5.32 Å². The molecule has 0 saturated heterocycles. The second kappa shape index (κ2) is 9.58. The van der Waals surface area contributed by atoms with E-state index < -0.39 is 6.10 Å². The van der Waals surface area contributed by atoms with Crippen molar-refractivity contribution in [2.75, 3.05) is 13.2 Å². The van der Waals surface area contributed by atoms with Crippen LogP contribution in [0, 0.1) is 6.92 Å². The second-order valence-electron chi connectivity index (χ2n) is 7.36. The summed E-state index contributed by atoms with van der Waals surface area (Å²) in [6, 6.07) is 10.6. The Bertz CT molecular complexity index is 638. The minimum Gasteiger partial charge on any atom is -0.491 e. The Morgan fingerprint density at radius 2 is 1.96 bits per heavy atom. The average molecular weight is 384 g/mol. The Labute approximate surface area is 161 Å². The molecule has 2 unspecified atom stereocenters. The molecule has 0 aliphatic carbocycles. The summed E-state index contributed by atoms with van der Waals surface area (Å²) in [7, 11) is 0. The summed E-state index contributed by atoms with van der Waals surface area (Å²) in [6.07, 6.45) is -0.540. The van der Waals surface area contributed by atoms with Gasteiger partial charge in [-0.1, -0.05) is 44.5 Å². The van der Waals surface area contributed by atoms with E-state index in [0.29, 0.717) is 6.54 Å². The molecule has 0 fully saturated rings. The quantitative estimate of drug-likeness (QED) is 0.716. The van der Waals surface area contributed by atoms with Gasteiger partial charge in [-0.3, -0.25) is 0 Å². The van der Waals surface area contributed by atoms with Crippen LogP contribution >= 0.6 is 23.7 Å². The minimum absolute atomic E-state index is 0. The maximum Gasteiger partial charge on any atom is 0.123 e. The van der Waals surface area contributed by atoms with E-state index in [9.17, 15) is 5.11 Å². The van der Waals surface area contributed by atoms with E-state index in [-0.39, 0.29) is 30.5 Å². The van der Waals surface area contributed by atoms with Crippen LogP contribution in [-0.2, 0) is 5.41 Å². The van der Waals surface area contributed by atoms with Crippen molar-refractivity contribution in [3.8, 4) is 5.75 Å². The molecule has 2 rings (SSSR count). The van der Waals surface area contributed by atoms with Gasteiger partial charge in [0, 0.05) is 17.5 Å². The molecule has 0 radical (unpaired) electrons. The topological polar surface area (TPSA) is 41.5 Å². The molecule has 140 valence electrons. The van der Waals surface area contributed by atoms with E-state index in [1.807, 2.05) is 18.2 Å². The lowest BCUT2D eigenvalue weighted by molar-refractivity contribution is 0.103. The first-order valence-electron chi connectivity index (χ1n) is 8.46. The molecular weight excluding hydrogens is 354 g/mol. The van der Waals surface area contributed by atoms with Crippen molar-refractivity contribution in [1.29, 1.82) is 0 Å². The van der Waals surface area contributed by atoms with E-state index >= 15 is 0 Å². The Kier molecular flexibility index (Phi) is 8.42. The first-order chi connectivity index (χ1) is 11.3. The van der Waals surface area contributed by atoms with Crippen molar-refractivity contribution in [3.05, 3.63) is 51.7 Å². The zero-order valence-corrected chi connectivity index (χ0v) is 17.3. The molecular formula is C20H30ClNO2S. The fourth-order valence-electron chi connectivity index (χ4n) is 2.55. The molecule has 1 heterocycles.